The summed E-state index contributed by atoms with van der Waals surface area (Å²) in [7, 11) is 3.47. The maximum Gasteiger partial charge on any atom is 0.152 e. The molecule has 0 saturated heterocycles. The lowest BCUT2D eigenvalue weighted by Crippen LogP contribution is -2.03. The van der Waals surface area contributed by atoms with Gasteiger partial charge in [-0.05, 0) is 40.4 Å². The van der Waals surface area contributed by atoms with Crippen molar-refractivity contribution in [3.05, 3.63) is 77.7 Å². The molecule has 0 fully saturated rings. The Balaban J connectivity index is 1.65. The lowest BCUT2D eigenvalue weighted by atomic mass is 10.2. The van der Waals surface area contributed by atoms with Gasteiger partial charge in [-0.2, -0.15) is 0 Å². The van der Waals surface area contributed by atoms with Crippen molar-refractivity contribution in [2.75, 3.05) is 5.75 Å². The minimum absolute atomic E-state index is 0.572. The van der Waals surface area contributed by atoms with Gasteiger partial charge in [0.05, 0.1) is 0 Å². The van der Waals surface area contributed by atoms with Crippen LogP contribution in [0.3, 0.4) is 0 Å². The molecular formula is C16H16OS3. The second-order valence-electron chi connectivity index (χ2n) is 4.04. The van der Waals surface area contributed by atoms with E-state index in [2.05, 4.69) is 24.3 Å². The molecule has 4 heteroatoms. The average Bonchev–Trinajstić information content (AvgIpc) is 2.52. The van der Waals surface area contributed by atoms with E-state index in [0.29, 0.717) is 5.75 Å². The largest absolute Gasteiger partial charge is 0.611 e. The molecule has 0 heterocycles. The maximum absolute atomic E-state index is 11.9. The highest BCUT2D eigenvalue weighted by molar-refractivity contribution is 8.77. The van der Waals surface area contributed by atoms with Gasteiger partial charge in [0.1, 0.15) is 5.75 Å². The molecule has 2 aromatic carbocycles. The average molecular weight is 321 g/mol. The van der Waals surface area contributed by atoms with E-state index < -0.39 is 11.2 Å². The summed E-state index contributed by atoms with van der Waals surface area (Å²) in [6.07, 6.45) is 1.98. The summed E-state index contributed by atoms with van der Waals surface area (Å²) in [4.78, 5) is 0.888. The van der Waals surface area contributed by atoms with Crippen LogP contribution >= 0.6 is 21.6 Å². The molecule has 1 unspecified atom stereocenters. The molecule has 0 spiro atoms. The van der Waals surface area contributed by atoms with Crippen LogP contribution in [0.2, 0.25) is 0 Å². The van der Waals surface area contributed by atoms with Gasteiger partial charge in [0, 0.05) is 5.75 Å². The number of hydrogen-bond donors (Lipinski definition) is 0. The molecule has 0 aliphatic heterocycles. The van der Waals surface area contributed by atoms with Crippen molar-refractivity contribution in [3.63, 3.8) is 0 Å². The molecule has 0 bridgehead atoms. The predicted molar refractivity (Wildman–Crippen MR) is 92.2 cm³/mol. The quantitative estimate of drug-likeness (QED) is 0.412. The first-order valence-corrected chi connectivity index (χ1v) is 9.97. The van der Waals surface area contributed by atoms with Crippen LogP contribution in [0.4, 0.5) is 0 Å². The molecule has 0 radical (unpaired) electrons. The Morgan fingerprint density at radius 2 is 1.60 bits per heavy atom. The molecule has 1 nitrogen and oxygen atoms in total. The van der Waals surface area contributed by atoms with Crippen molar-refractivity contribution in [2.45, 2.75) is 10.6 Å². The fraction of sp³-hybridized carbons (Fsp3) is 0.125. The third-order valence-corrected chi connectivity index (χ3v) is 5.82. The molecule has 20 heavy (non-hydrogen) atoms. The minimum Gasteiger partial charge on any atom is -0.611 e. The molecule has 0 aliphatic carbocycles. The van der Waals surface area contributed by atoms with Crippen LogP contribution in [0, 0.1) is 0 Å². The van der Waals surface area contributed by atoms with Gasteiger partial charge in [-0.25, -0.2) is 0 Å². The lowest BCUT2D eigenvalue weighted by Gasteiger charge is -2.06. The van der Waals surface area contributed by atoms with Crippen LogP contribution in [0.1, 0.15) is 5.56 Å². The van der Waals surface area contributed by atoms with E-state index in [-0.39, 0.29) is 0 Å². The van der Waals surface area contributed by atoms with Crippen LogP contribution in [-0.2, 0) is 16.9 Å². The molecular weight excluding hydrogens is 304 g/mol. The van der Waals surface area contributed by atoms with Crippen molar-refractivity contribution in [3.8, 4) is 0 Å². The van der Waals surface area contributed by atoms with E-state index in [4.69, 9.17) is 0 Å². The Hall–Kier alpha value is -0.810. The van der Waals surface area contributed by atoms with Crippen molar-refractivity contribution in [1.29, 1.82) is 0 Å². The summed E-state index contributed by atoms with van der Waals surface area (Å²) < 4.78 is 11.9. The highest BCUT2D eigenvalue weighted by atomic mass is 33.1. The summed E-state index contributed by atoms with van der Waals surface area (Å²) in [5, 5.41) is 2.02. The Morgan fingerprint density at radius 3 is 2.30 bits per heavy atom. The normalized spacial score (nSPS) is 12.7. The first-order chi connectivity index (χ1) is 9.86. The maximum atomic E-state index is 11.9. The number of rotatable bonds is 7. The lowest BCUT2D eigenvalue weighted by molar-refractivity contribution is 0.598. The fourth-order valence-corrected chi connectivity index (χ4v) is 4.33. The number of benzene rings is 2. The smallest absolute Gasteiger partial charge is 0.152 e. The SMILES string of the molecule is [O-][S+](CC=CSSCc1ccccc1)c1ccccc1. The molecule has 0 amide bonds. The topological polar surface area (TPSA) is 23.1 Å². The first-order valence-electron chi connectivity index (χ1n) is 6.27. The van der Waals surface area contributed by atoms with E-state index in [1.54, 1.807) is 21.6 Å². The van der Waals surface area contributed by atoms with E-state index >= 15 is 0 Å². The standard InChI is InChI=1S/C16H16OS3/c17-20(16-10-5-2-6-11-16)13-7-12-18-19-14-15-8-3-1-4-9-15/h1-12H,13-14H2. The molecule has 0 aromatic heterocycles. The van der Waals surface area contributed by atoms with Gasteiger partial charge in [-0.1, -0.05) is 70.1 Å². The first kappa shape index (κ1) is 15.6. The predicted octanol–water partition coefficient (Wildman–Crippen LogP) is 4.89. The third-order valence-electron chi connectivity index (χ3n) is 2.54. The molecule has 104 valence electrons. The van der Waals surface area contributed by atoms with Gasteiger partial charge >= 0.3 is 0 Å². The van der Waals surface area contributed by atoms with E-state index in [9.17, 15) is 4.55 Å². The highest BCUT2D eigenvalue weighted by Crippen LogP contribution is 2.26. The Labute approximate surface area is 131 Å². The summed E-state index contributed by atoms with van der Waals surface area (Å²) in [5.74, 6) is 1.56. The Morgan fingerprint density at radius 1 is 0.950 bits per heavy atom. The van der Waals surface area contributed by atoms with E-state index in [1.807, 2.05) is 47.9 Å². The second kappa shape index (κ2) is 9.19. The summed E-state index contributed by atoms with van der Waals surface area (Å²) in [5.41, 5.74) is 1.33. The zero-order chi connectivity index (χ0) is 14.0. The summed E-state index contributed by atoms with van der Waals surface area (Å²) in [6, 6.07) is 20.0. The molecule has 2 aromatic rings. The van der Waals surface area contributed by atoms with Crippen molar-refractivity contribution < 1.29 is 4.55 Å². The minimum atomic E-state index is -0.934. The van der Waals surface area contributed by atoms with Gasteiger partial charge < -0.3 is 4.55 Å². The zero-order valence-corrected chi connectivity index (χ0v) is 13.4. The van der Waals surface area contributed by atoms with Gasteiger partial charge in [0.25, 0.3) is 0 Å². The van der Waals surface area contributed by atoms with Gasteiger partial charge in [-0.15, -0.1) is 0 Å². The van der Waals surface area contributed by atoms with E-state index in [1.165, 1.54) is 5.56 Å². The molecule has 0 aliphatic rings. The zero-order valence-electron chi connectivity index (χ0n) is 11.0. The highest BCUT2D eigenvalue weighted by Gasteiger charge is 2.06. The van der Waals surface area contributed by atoms with Crippen molar-refractivity contribution >= 4 is 32.8 Å². The molecule has 1 atom stereocenters. The molecule has 0 saturated carbocycles. The second-order valence-corrected chi connectivity index (χ2v) is 7.81. The van der Waals surface area contributed by atoms with Crippen molar-refractivity contribution in [2.24, 2.45) is 0 Å². The van der Waals surface area contributed by atoms with Crippen LogP contribution in [0.5, 0.6) is 0 Å². The van der Waals surface area contributed by atoms with E-state index in [0.717, 1.165) is 10.6 Å². The fourth-order valence-electron chi connectivity index (χ4n) is 1.55. The van der Waals surface area contributed by atoms with Crippen LogP contribution in [0.15, 0.2) is 77.0 Å². The van der Waals surface area contributed by atoms with Gasteiger partial charge in [0.2, 0.25) is 0 Å². The van der Waals surface area contributed by atoms with Crippen molar-refractivity contribution in [1.82, 2.24) is 0 Å². The Bertz CT molecular complexity index is 514. The van der Waals surface area contributed by atoms with Gasteiger partial charge in [-0.3, -0.25) is 0 Å². The Kier molecular flexibility index (Phi) is 7.15. The number of hydrogen-bond acceptors (Lipinski definition) is 3. The summed E-state index contributed by atoms with van der Waals surface area (Å²) in [6.45, 7) is 0. The molecule has 2 rings (SSSR count). The monoisotopic (exact) mass is 320 g/mol. The molecule has 0 N–H and O–H groups in total. The van der Waals surface area contributed by atoms with Gasteiger partial charge in [0.15, 0.2) is 4.90 Å². The third kappa shape index (κ3) is 5.67. The van der Waals surface area contributed by atoms with Crippen LogP contribution in [0.25, 0.3) is 0 Å². The summed E-state index contributed by atoms with van der Waals surface area (Å²) >= 11 is -0.934. The van der Waals surface area contributed by atoms with Crippen LogP contribution in [-0.4, -0.2) is 10.3 Å². The van der Waals surface area contributed by atoms with Crippen LogP contribution < -0.4 is 0 Å².